The van der Waals surface area contributed by atoms with Crippen molar-refractivity contribution in [2.24, 2.45) is 5.73 Å². The molecule has 5 aliphatic heterocycles. The maximum absolute atomic E-state index is 12.7. The number of ether oxygens (including phenoxy) is 4. The Hall–Kier alpha value is -0.719. The summed E-state index contributed by atoms with van der Waals surface area (Å²) in [6, 6.07) is 12.4. The van der Waals surface area contributed by atoms with E-state index >= 15 is 0 Å². The summed E-state index contributed by atoms with van der Waals surface area (Å²) in [5.41, 5.74) is 9.03. The molecule has 0 aliphatic carbocycles. The normalized spacial score (nSPS) is 17.4. The van der Waals surface area contributed by atoms with Gasteiger partial charge in [-0.1, -0.05) is 135 Å². The Morgan fingerprint density at radius 3 is 1.59 bits per heavy atom. The van der Waals surface area contributed by atoms with Crippen LogP contribution in [-0.4, -0.2) is 130 Å². The Kier molecular flexibility index (Phi) is 39.0. The number of benzene rings is 2. The molecule has 4 atom stereocenters. The number of carbonyl (C=O) groups excluding carboxylic acids is 4. The van der Waals surface area contributed by atoms with Gasteiger partial charge in [0.05, 0.1) is 6.10 Å². The van der Waals surface area contributed by atoms with Crippen molar-refractivity contribution in [3.8, 4) is 23.0 Å². The SMILES string of the molecule is C.CC(C)(C)[Si](C)(C)O[C@H](c1ccc2c(c1)OCCO2)[C@H](N)CN1CCCC1.CCCCCCCC(=O)N[C@H](CN1CCCC1)[C@H](C)c1ccc2c(c1)OCCO2.CCCCCCCC(=O)ON1C(=O)CCC1=O.CI.[I][V]([I])[I]. The van der Waals surface area contributed by atoms with Gasteiger partial charge in [0.1, 0.15) is 26.4 Å². The van der Waals surface area contributed by atoms with Gasteiger partial charge >= 0.3 is 70.8 Å². The molecule has 15 nitrogen and oxygen atoms in total. The predicted molar refractivity (Wildman–Crippen MR) is 358 cm³/mol. The first-order valence-electron chi connectivity index (χ1n) is 28.9. The molecule has 3 fully saturated rings. The monoisotopic (exact) mass is 1630 g/mol. The van der Waals surface area contributed by atoms with Gasteiger partial charge in [-0.3, -0.25) is 14.4 Å². The van der Waals surface area contributed by atoms with Gasteiger partial charge < -0.3 is 49.1 Å². The molecule has 5 aliphatic rings. The van der Waals surface area contributed by atoms with Crippen LogP contribution in [0.1, 0.15) is 188 Å². The van der Waals surface area contributed by atoms with E-state index in [0.717, 1.165) is 113 Å². The Morgan fingerprint density at radius 2 is 1.11 bits per heavy atom. The number of alkyl halides is 1. The summed E-state index contributed by atoms with van der Waals surface area (Å²) >= 11 is 9.54. The van der Waals surface area contributed by atoms with Crippen molar-refractivity contribution in [3.05, 3.63) is 47.5 Å². The second-order valence-corrected chi connectivity index (χ2v) is 62.4. The molecule has 0 radical (unpaired) electrons. The van der Waals surface area contributed by atoms with Crippen LogP contribution in [0.2, 0.25) is 18.1 Å². The molecule has 0 saturated carbocycles. The Bertz CT molecular complexity index is 2080. The summed E-state index contributed by atoms with van der Waals surface area (Å²) in [5, 5.41) is 4.10. The molecule has 2 aromatic rings. The van der Waals surface area contributed by atoms with Crippen LogP contribution in [-0.2, 0) is 33.4 Å². The number of hydroxylamine groups is 2. The van der Waals surface area contributed by atoms with Crippen LogP contribution in [0.3, 0.4) is 0 Å². The molecule has 80 heavy (non-hydrogen) atoms. The molecule has 0 aromatic heterocycles. The van der Waals surface area contributed by atoms with E-state index in [-0.39, 0.29) is 66.7 Å². The quantitative estimate of drug-likeness (QED) is 0.0335. The molecule has 0 spiro atoms. The van der Waals surface area contributed by atoms with E-state index in [9.17, 15) is 19.2 Å². The molecule has 2 aromatic carbocycles. The molecular weight excluding hydrogens is 1530 g/mol. The number of amides is 3. The van der Waals surface area contributed by atoms with Crippen LogP contribution in [0.5, 0.6) is 23.0 Å². The van der Waals surface area contributed by atoms with E-state index in [1.807, 2.05) is 17.1 Å². The van der Waals surface area contributed by atoms with Gasteiger partial charge in [0.2, 0.25) is 5.91 Å². The molecule has 0 bridgehead atoms. The van der Waals surface area contributed by atoms with Gasteiger partial charge in [0.25, 0.3) is 11.8 Å². The van der Waals surface area contributed by atoms with Crippen molar-refractivity contribution in [1.29, 1.82) is 0 Å². The summed E-state index contributed by atoms with van der Waals surface area (Å²) in [4.78, 5) is 57.7. The summed E-state index contributed by atoms with van der Waals surface area (Å²) < 4.78 is 29.8. The number of carbonyl (C=O) groups is 4. The van der Waals surface area contributed by atoms with Crippen molar-refractivity contribution in [3.63, 3.8) is 0 Å². The van der Waals surface area contributed by atoms with E-state index < -0.39 is 26.1 Å². The first-order chi connectivity index (χ1) is 37.7. The van der Waals surface area contributed by atoms with Crippen LogP contribution in [0.4, 0.5) is 0 Å². The van der Waals surface area contributed by atoms with E-state index in [1.54, 1.807) is 0 Å². The summed E-state index contributed by atoms with van der Waals surface area (Å²) in [6.07, 6.45) is 17.1. The molecular formula is C59H100I4N5O10SiV. The van der Waals surface area contributed by atoms with Gasteiger partial charge in [-0.05, 0) is 123 Å². The van der Waals surface area contributed by atoms with Gasteiger partial charge in [0.15, 0.2) is 31.3 Å². The van der Waals surface area contributed by atoms with Crippen LogP contribution >= 0.6 is 82.5 Å². The van der Waals surface area contributed by atoms with Crippen LogP contribution < -0.4 is 30.0 Å². The Balaban J connectivity index is 0.000000399. The van der Waals surface area contributed by atoms with Crippen molar-refractivity contribution >= 4 is 115 Å². The molecule has 3 saturated heterocycles. The summed E-state index contributed by atoms with van der Waals surface area (Å²) in [7, 11) is -1.98. The minimum absolute atomic E-state index is 0. The van der Waals surface area contributed by atoms with Gasteiger partial charge in [0, 0.05) is 56.8 Å². The number of rotatable bonds is 24. The third-order valence-electron chi connectivity index (χ3n) is 15.1. The van der Waals surface area contributed by atoms with Gasteiger partial charge in [-0.15, -0.1) is 5.06 Å². The number of likely N-dealkylation sites (tertiary alicyclic amines) is 2. The number of hydrogen-bond donors (Lipinski definition) is 2. The van der Waals surface area contributed by atoms with E-state index in [2.05, 4.69) is 177 Å². The maximum atomic E-state index is 12.7. The minimum atomic E-state index is -1.98. The van der Waals surface area contributed by atoms with Crippen LogP contribution in [0.25, 0.3) is 0 Å². The molecule has 458 valence electrons. The third-order valence-corrected chi connectivity index (χ3v) is 19.5. The second-order valence-electron chi connectivity index (χ2n) is 22.3. The van der Waals surface area contributed by atoms with Crippen molar-refractivity contribution < 1.29 is 52.3 Å². The van der Waals surface area contributed by atoms with Crippen molar-refractivity contribution in [2.75, 3.05) is 70.6 Å². The first kappa shape index (κ1) is 75.4. The molecule has 0 unspecified atom stereocenters. The number of halogens is 4. The number of nitrogens with zero attached hydrogens (tertiary/aromatic N) is 3. The van der Waals surface area contributed by atoms with E-state index in [4.69, 9.17) is 33.9 Å². The molecule has 21 heteroatoms. The first-order valence-corrected chi connectivity index (χ1v) is 47.5. The number of imide groups is 1. The summed E-state index contributed by atoms with van der Waals surface area (Å²) in [5.74, 6) is 2.32. The van der Waals surface area contributed by atoms with Crippen LogP contribution in [0.15, 0.2) is 36.4 Å². The Labute approximate surface area is 535 Å². The zero-order valence-electron chi connectivity index (χ0n) is 49.0. The number of fused-ring (bicyclic) bond motifs is 2. The number of unbranched alkanes of at least 4 members (excludes halogenated alkanes) is 8. The average molecular weight is 1630 g/mol. The third kappa shape index (κ3) is 28.2. The predicted octanol–water partition coefficient (Wildman–Crippen LogP) is 14.7. The fourth-order valence-electron chi connectivity index (χ4n) is 9.49. The van der Waals surface area contributed by atoms with Crippen molar-refractivity contribution in [2.45, 2.75) is 207 Å². The summed E-state index contributed by atoms with van der Waals surface area (Å²) in [6.45, 7) is 26.7. The van der Waals surface area contributed by atoms with Gasteiger partial charge in [-0.2, -0.15) is 0 Å². The molecule has 7 rings (SSSR count). The molecule has 5 heterocycles. The average Bonchev–Trinajstić information content (AvgIpc) is 4.22. The molecule has 3 N–H and O–H groups in total. The van der Waals surface area contributed by atoms with Gasteiger partial charge in [-0.25, -0.2) is 4.79 Å². The Morgan fingerprint density at radius 1 is 0.688 bits per heavy atom. The number of nitrogens with two attached hydrogens (primary N) is 1. The van der Waals surface area contributed by atoms with E-state index in [0.29, 0.717) is 37.9 Å². The number of nitrogens with one attached hydrogen (secondary N) is 1. The fourth-order valence-corrected chi connectivity index (χ4v) is 10.8. The number of hydrogen-bond acceptors (Lipinski definition) is 13. The topological polar surface area (TPSA) is 171 Å². The zero-order chi connectivity index (χ0) is 58.4. The fraction of sp³-hybridized carbons (Fsp3) is 0.729. The molecule has 3 amide bonds. The van der Waals surface area contributed by atoms with E-state index in [1.165, 1.54) is 50.5 Å². The van der Waals surface area contributed by atoms with Crippen molar-refractivity contribution in [1.82, 2.24) is 20.2 Å². The standard InChI is InChI=1S/C24H38N2O3.C21H36N2O3Si.C12H19NO4.CH3I.CH4.3HI.V/c1-3-4-5-6-7-10-24(27)25-21(18-26-13-8-9-14-26)19(2)20-11-12-22-23(17-20)29-16-15-28-22;1-21(2,3)27(4,5)26-20(17(22)15-23-10-6-7-11-23)16-8-9-18-19(14-16)25-13-12-24-18;1-2-3-4-5-6-7-12(16)17-13-10(14)8-9-11(13)15;1-2;;;;;/h11-12,17,19,21H,3-10,13-16,18H2,1-2H3,(H,25,27);8-9,14,17,20H,6-7,10-13,15,22H2,1-5H3;2-9H2,1H3;1H3;1H4;3*1H;/q;;;;;;;;+3/p-3/t19-,21-;17-,20-;;;;;;;/m11......./s1. The second kappa shape index (κ2) is 41.4. The van der Waals surface area contributed by atoms with Crippen LogP contribution in [0, 0.1) is 0 Å². The zero-order valence-corrected chi connectivity index (χ0v) is 60.1.